The van der Waals surface area contributed by atoms with E-state index in [0.29, 0.717) is 0 Å². The molecule has 0 aliphatic rings. The number of unbranched alkanes of at least 4 members (excludes halogenated alkanes) is 1. The quantitative estimate of drug-likeness (QED) is 0.614. The van der Waals surface area contributed by atoms with Crippen LogP contribution < -0.4 is 10.6 Å². The number of thiocarbonyl (C=S) groups is 1. The predicted molar refractivity (Wildman–Crippen MR) is 79.7 cm³/mol. The van der Waals surface area contributed by atoms with E-state index in [4.69, 9.17) is 12.2 Å². The highest BCUT2D eigenvalue weighted by Gasteiger charge is 2.13. The van der Waals surface area contributed by atoms with E-state index in [1.807, 2.05) is 10.9 Å². The van der Waals surface area contributed by atoms with Gasteiger partial charge in [-0.05, 0) is 39.4 Å². The fraction of sp³-hybridized carbons (Fsp3) is 0.692. The second kappa shape index (κ2) is 7.36. The third-order valence-electron chi connectivity index (χ3n) is 3.07. The van der Waals surface area contributed by atoms with Crippen molar-refractivity contribution >= 4 is 17.3 Å². The van der Waals surface area contributed by atoms with Gasteiger partial charge in [-0.3, -0.25) is 4.68 Å². The molecular formula is C13H24N4S. The zero-order chi connectivity index (χ0) is 13.5. The number of aryl methyl sites for hydroxylation is 1. The molecule has 0 radical (unpaired) electrons. The molecule has 0 amide bonds. The van der Waals surface area contributed by atoms with Gasteiger partial charge in [0.15, 0.2) is 5.11 Å². The van der Waals surface area contributed by atoms with Gasteiger partial charge in [0.1, 0.15) is 0 Å². The summed E-state index contributed by atoms with van der Waals surface area (Å²) in [5.41, 5.74) is 2.41. The smallest absolute Gasteiger partial charge is 0.166 e. The van der Waals surface area contributed by atoms with Gasteiger partial charge in [0.05, 0.1) is 12.2 Å². The van der Waals surface area contributed by atoms with Crippen LogP contribution in [0, 0.1) is 6.92 Å². The lowest BCUT2D eigenvalue weighted by Gasteiger charge is -2.17. The highest BCUT2D eigenvalue weighted by Crippen LogP contribution is 2.16. The summed E-state index contributed by atoms with van der Waals surface area (Å²) < 4.78 is 2.00. The predicted octanol–water partition coefficient (Wildman–Crippen LogP) is 2.54. The largest absolute Gasteiger partial charge is 0.363 e. The Morgan fingerprint density at radius 1 is 1.50 bits per heavy atom. The van der Waals surface area contributed by atoms with E-state index in [1.54, 1.807) is 0 Å². The van der Waals surface area contributed by atoms with Crippen molar-refractivity contribution in [2.75, 3.05) is 6.54 Å². The van der Waals surface area contributed by atoms with Crippen molar-refractivity contribution in [1.82, 2.24) is 20.4 Å². The van der Waals surface area contributed by atoms with Crippen LogP contribution in [0.2, 0.25) is 0 Å². The molecule has 4 nitrogen and oxygen atoms in total. The Hall–Kier alpha value is -1.10. The minimum Gasteiger partial charge on any atom is -0.363 e. The molecule has 1 aromatic rings. The van der Waals surface area contributed by atoms with Crippen molar-refractivity contribution < 1.29 is 0 Å². The number of hydrogen-bond acceptors (Lipinski definition) is 2. The maximum atomic E-state index is 5.27. The molecular weight excluding hydrogens is 244 g/mol. The van der Waals surface area contributed by atoms with Crippen molar-refractivity contribution in [2.45, 2.75) is 53.1 Å². The van der Waals surface area contributed by atoms with Crippen molar-refractivity contribution in [3.8, 4) is 0 Å². The molecule has 1 rings (SSSR count). The van der Waals surface area contributed by atoms with Crippen LogP contribution in [0.25, 0.3) is 0 Å². The molecule has 0 saturated carbocycles. The SMILES string of the molecule is CCCCNC(=S)NC(C)c1cnn(CC)c1C. The van der Waals surface area contributed by atoms with Crippen LogP contribution in [-0.4, -0.2) is 21.4 Å². The van der Waals surface area contributed by atoms with Crippen LogP contribution in [0.3, 0.4) is 0 Å². The molecule has 0 saturated heterocycles. The minimum atomic E-state index is 0.187. The molecule has 0 aliphatic heterocycles. The number of hydrogen-bond donors (Lipinski definition) is 2. The number of rotatable bonds is 6. The van der Waals surface area contributed by atoms with E-state index in [0.717, 1.165) is 24.6 Å². The van der Waals surface area contributed by atoms with Crippen LogP contribution in [0.1, 0.15) is 50.9 Å². The number of aromatic nitrogens is 2. The molecule has 1 aromatic heterocycles. The average Bonchev–Trinajstić information content (AvgIpc) is 2.70. The summed E-state index contributed by atoms with van der Waals surface area (Å²) in [6.45, 7) is 10.3. The first-order valence-corrected chi connectivity index (χ1v) is 7.07. The zero-order valence-corrected chi connectivity index (χ0v) is 12.6. The molecule has 18 heavy (non-hydrogen) atoms. The topological polar surface area (TPSA) is 41.9 Å². The van der Waals surface area contributed by atoms with Gasteiger partial charge in [0.2, 0.25) is 0 Å². The summed E-state index contributed by atoms with van der Waals surface area (Å²) in [6, 6.07) is 0.187. The van der Waals surface area contributed by atoms with E-state index in [1.165, 1.54) is 17.7 Å². The van der Waals surface area contributed by atoms with Gasteiger partial charge in [-0.1, -0.05) is 13.3 Å². The molecule has 5 heteroatoms. The van der Waals surface area contributed by atoms with Gasteiger partial charge in [0.25, 0.3) is 0 Å². The summed E-state index contributed by atoms with van der Waals surface area (Å²) >= 11 is 5.27. The standard InChI is InChI=1S/C13H24N4S/c1-5-7-8-14-13(18)16-10(3)12-9-15-17(6-2)11(12)4/h9-10H,5-8H2,1-4H3,(H2,14,16,18). The lowest BCUT2D eigenvalue weighted by Crippen LogP contribution is -2.37. The average molecular weight is 268 g/mol. The second-order valence-electron chi connectivity index (χ2n) is 4.48. The van der Waals surface area contributed by atoms with E-state index in [9.17, 15) is 0 Å². The first-order chi connectivity index (χ1) is 8.60. The van der Waals surface area contributed by atoms with Gasteiger partial charge in [-0.15, -0.1) is 0 Å². The Balaban J connectivity index is 2.51. The highest BCUT2D eigenvalue weighted by molar-refractivity contribution is 7.80. The fourth-order valence-electron chi connectivity index (χ4n) is 1.91. The Labute approximate surface area is 115 Å². The van der Waals surface area contributed by atoms with Gasteiger partial charge in [-0.25, -0.2) is 0 Å². The molecule has 0 spiro atoms. The summed E-state index contributed by atoms with van der Waals surface area (Å²) in [5.74, 6) is 0. The van der Waals surface area contributed by atoms with Gasteiger partial charge < -0.3 is 10.6 Å². The molecule has 0 aliphatic carbocycles. The van der Waals surface area contributed by atoms with E-state index < -0.39 is 0 Å². The van der Waals surface area contributed by atoms with Crippen LogP contribution in [-0.2, 0) is 6.54 Å². The zero-order valence-electron chi connectivity index (χ0n) is 11.8. The van der Waals surface area contributed by atoms with Crippen LogP contribution in [0.5, 0.6) is 0 Å². The summed E-state index contributed by atoms with van der Waals surface area (Å²) in [4.78, 5) is 0. The van der Waals surface area contributed by atoms with Crippen molar-refractivity contribution in [3.63, 3.8) is 0 Å². The molecule has 1 atom stereocenters. The normalized spacial score (nSPS) is 12.2. The van der Waals surface area contributed by atoms with Crippen molar-refractivity contribution in [3.05, 3.63) is 17.5 Å². The van der Waals surface area contributed by atoms with E-state index in [2.05, 4.69) is 43.4 Å². The minimum absolute atomic E-state index is 0.187. The van der Waals surface area contributed by atoms with Gasteiger partial charge in [0, 0.05) is 24.3 Å². The monoisotopic (exact) mass is 268 g/mol. The first-order valence-electron chi connectivity index (χ1n) is 6.66. The molecule has 0 bridgehead atoms. The molecule has 2 N–H and O–H groups in total. The molecule has 1 unspecified atom stereocenters. The third-order valence-corrected chi connectivity index (χ3v) is 3.33. The Morgan fingerprint density at radius 3 is 2.78 bits per heavy atom. The van der Waals surface area contributed by atoms with Crippen molar-refractivity contribution in [1.29, 1.82) is 0 Å². The Kier molecular flexibility index (Phi) is 6.12. The second-order valence-corrected chi connectivity index (χ2v) is 4.88. The van der Waals surface area contributed by atoms with Crippen LogP contribution in [0.15, 0.2) is 6.20 Å². The maximum Gasteiger partial charge on any atom is 0.166 e. The van der Waals surface area contributed by atoms with Crippen LogP contribution >= 0.6 is 12.2 Å². The fourth-order valence-corrected chi connectivity index (χ4v) is 2.19. The molecule has 0 aromatic carbocycles. The maximum absolute atomic E-state index is 5.27. The summed E-state index contributed by atoms with van der Waals surface area (Å²) in [7, 11) is 0. The van der Waals surface area contributed by atoms with Gasteiger partial charge >= 0.3 is 0 Å². The Morgan fingerprint density at radius 2 is 2.22 bits per heavy atom. The lowest BCUT2D eigenvalue weighted by molar-refractivity contribution is 0.630. The van der Waals surface area contributed by atoms with E-state index in [-0.39, 0.29) is 6.04 Å². The van der Waals surface area contributed by atoms with E-state index >= 15 is 0 Å². The van der Waals surface area contributed by atoms with Crippen LogP contribution in [0.4, 0.5) is 0 Å². The first kappa shape index (κ1) is 15.0. The third kappa shape index (κ3) is 3.98. The summed E-state index contributed by atoms with van der Waals surface area (Å²) in [5, 5.41) is 11.6. The molecule has 0 fully saturated rings. The Bertz CT molecular complexity index is 386. The summed E-state index contributed by atoms with van der Waals surface area (Å²) in [6.07, 6.45) is 4.24. The lowest BCUT2D eigenvalue weighted by atomic mass is 10.1. The number of nitrogens with zero attached hydrogens (tertiary/aromatic N) is 2. The highest BCUT2D eigenvalue weighted by atomic mass is 32.1. The molecule has 102 valence electrons. The van der Waals surface area contributed by atoms with Crippen molar-refractivity contribution in [2.24, 2.45) is 0 Å². The number of nitrogens with one attached hydrogen (secondary N) is 2. The van der Waals surface area contributed by atoms with Gasteiger partial charge in [-0.2, -0.15) is 5.10 Å². The molecule has 1 heterocycles.